The number of nitrogens with one attached hydrogen (secondary N) is 1. The Bertz CT molecular complexity index is 855. The Morgan fingerprint density at radius 1 is 1.08 bits per heavy atom. The quantitative estimate of drug-likeness (QED) is 0.687. The highest BCUT2D eigenvalue weighted by Crippen LogP contribution is 2.37. The summed E-state index contributed by atoms with van der Waals surface area (Å²) in [6.07, 6.45) is 2.19. The van der Waals surface area contributed by atoms with E-state index in [1.54, 1.807) is 20.3 Å². The van der Waals surface area contributed by atoms with E-state index in [2.05, 4.69) is 27.4 Å². The maximum atomic E-state index is 5.88. The van der Waals surface area contributed by atoms with Gasteiger partial charge in [0.25, 0.3) is 0 Å². The van der Waals surface area contributed by atoms with Crippen LogP contribution in [0.2, 0.25) is 5.15 Å². The molecule has 2 aromatic carbocycles. The lowest BCUT2D eigenvalue weighted by Crippen LogP contribution is -2.08. The molecule has 0 unspecified atom stereocenters. The molecule has 1 heterocycles. The van der Waals surface area contributed by atoms with Crippen molar-refractivity contribution in [2.45, 2.75) is 6.42 Å². The van der Waals surface area contributed by atoms with Crippen LogP contribution in [0.3, 0.4) is 0 Å². The lowest BCUT2D eigenvalue weighted by atomic mass is 10.00. The summed E-state index contributed by atoms with van der Waals surface area (Å²) in [7, 11) is 3.31. The first-order valence-electron chi connectivity index (χ1n) is 7.57. The Morgan fingerprint density at radius 2 is 1.92 bits per heavy atom. The van der Waals surface area contributed by atoms with E-state index in [-0.39, 0.29) is 0 Å². The number of nitrogens with zero attached hydrogens (tertiary/aromatic N) is 2. The second-order valence-electron chi connectivity index (χ2n) is 5.21. The van der Waals surface area contributed by atoms with Gasteiger partial charge in [-0.15, -0.1) is 0 Å². The molecular weight excluding hydrogens is 326 g/mol. The van der Waals surface area contributed by atoms with Crippen molar-refractivity contribution in [2.75, 3.05) is 26.1 Å². The summed E-state index contributed by atoms with van der Waals surface area (Å²) in [5.74, 6) is 2.19. The molecule has 0 saturated heterocycles. The summed E-state index contributed by atoms with van der Waals surface area (Å²) >= 11 is 5.88. The zero-order chi connectivity index (χ0) is 16.9. The van der Waals surface area contributed by atoms with Gasteiger partial charge in [0, 0.05) is 18.2 Å². The summed E-state index contributed by atoms with van der Waals surface area (Å²) in [5, 5.41) is 5.94. The van der Waals surface area contributed by atoms with Gasteiger partial charge in [0.15, 0.2) is 11.5 Å². The third-order valence-electron chi connectivity index (χ3n) is 3.81. The largest absolute Gasteiger partial charge is 0.493 e. The molecule has 5 nitrogen and oxygen atoms in total. The lowest BCUT2D eigenvalue weighted by Gasteiger charge is -2.16. The molecule has 0 radical (unpaired) electrons. The Balaban J connectivity index is 1.89. The van der Waals surface area contributed by atoms with Crippen LogP contribution in [0, 0.1) is 0 Å². The van der Waals surface area contributed by atoms with Crippen LogP contribution in [-0.2, 0) is 6.42 Å². The van der Waals surface area contributed by atoms with Crippen LogP contribution in [-0.4, -0.2) is 30.7 Å². The molecule has 0 saturated carbocycles. The lowest BCUT2D eigenvalue weighted by molar-refractivity contribution is 0.353. The molecule has 3 aromatic rings. The summed E-state index contributed by atoms with van der Waals surface area (Å²) in [4.78, 5) is 8.02. The van der Waals surface area contributed by atoms with Gasteiger partial charge in [0.1, 0.15) is 17.3 Å². The van der Waals surface area contributed by atoms with E-state index < -0.39 is 0 Å². The number of anilines is 1. The second kappa shape index (κ2) is 7.36. The molecule has 6 heteroatoms. The average molecular weight is 344 g/mol. The molecule has 1 aromatic heterocycles. The molecular formula is C18H18ClN3O2. The van der Waals surface area contributed by atoms with Crippen LogP contribution >= 0.6 is 11.6 Å². The highest BCUT2D eigenvalue weighted by molar-refractivity contribution is 6.29. The number of fused-ring (bicyclic) bond motifs is 1. The minimum absolute atomic E-state index is 0.414. The van der Waals surface area contributed by atoms with E-state index in [9.17, 15) is 0 Å². The molecule has 0 aliphatic carbocycles. The molecule has 0 amide bonds. The zero-order valence-electron chi connectivity index (χ0n) is 13.5. The molecule has 3 rings (SSSR count). The minimum atomic E-state index is 0.414. The predicted molar refractivity (Wildman–Crippen MR) is 96.3 cm³/mol. The Morgan fingerprint density at radius 3 is 2.67 bits per heavy atom. The maximum Gasteiger partial charge on any atom is 0.164 e. The van der Waals surface area contributed by atoms with Crippen LogP contribution in [0.15, 0.2) is 42.7 Å². The van der Waals surface area contributed by atoms with Crippen LogP contribution in [0.5, 0.6) is 11.5 Å². The van der Waals surface area contributed by atoms with E-state index in [0.717, 1.165) is 34.3 Å². The van der Waals surface area contributed by atoms with Crippen LogP contribution in [0.1, 0.15) is 5.56 Å². The van der Waals surface area contributed by atoms with Gasteiger partial charge in [-0.2, -0.15) is 0 Å². The number of hydrogen-bond acceptors (Lipinski definition) is 5. The van der Waals surface area contributed by atoms with E-state index >= 15 is 0 Å². The number of methoxy groups -OCH3 is 2. The van der Waals surface area contributed by atoms with E-state index in [0.29, 0.717) is 17.5 Å². The number of hydrogen-bond donors (Lipinski definition) is 1. The highest BCUT2D eigenvalue weighted by atomic mass is 35.5. The number of benzene rings is 2. The number of ether oxygens (including phenoxy) is 2. The van der Waals surface area contributed by atoms with Crippen LogP contribution in [0.25, 0.3) is 10.8 Å². The monoisotopic (exact) mass is 343 g/mol. The number of aromatic nitrogens is 2. The number of rotatable bonds is 6. The van der Waals surface area contributed by atoms with Gasteiger partial charge in [-0.3, -0.25) is 0 Å². The SMILES string of the molecule is COc1cc2ccccc2c(CCNc2cc(Cl)ncn2)c1OC. The summed E-state index contributed by atoms with van der Waals surface area (Å²) < 4.78 is 11.1. The van der Waals surface area contributed by atoms with Gasteiger partial charge in [0.2, 0.25) is 0 Å². The maximum absolute atomic E-state index is 5.88. The minimum Gasteiger partial charge on any atom is -0.493 e. The third kappa shape index (κ3) is 3.36. The molecule has 0 aliphatic heterocycles. The molecule has 1 N–H and O–H groups in total. The molecule has 0 atom stereocenters. The highest BCUT2D eigenvalue weighted by Gasteiger charge is 2.14. The Hall–Kier alpha value is -2.53. The van der Waals surface area contributed by atoms with Gasteiger partial charge in [-0.1, -0.05) is 35.9 Å². The van der Waals surface area contributed by atoms with Gasteiger partial charge in [-0.05, 0) is 23.3 Å². The first kappa shape index (κ1) is 16.3. The summed E-state index contributed by atoms with van der Waals surface area (Å²) in [5.41, 5.74) is 1.10. The first-order chi connectivity index (χ1) is 11.7. The van der Waals surface area contributed by atoms with Crippen LogP contribution < -0.4 is 14.8 Å². The third-order valence-corrected chi connectivity index (χ3v) is 4.02. The van der Waals surface area contributed by atoms with Gasteiger partial charge in [0.05, 0.1) is 14.2 Å². The van der Waals surface area contributed by atoms with Gasteiger partial charge >= 0.3 is 0 Å². The number of halogens is 1. The van der Waals surface area contributed by atoms with Crippen molar-refractivity contribution in [3.05, 3.63) is 53.4 Å². The van der Waals surface area contributed by atoms with Crippen molar-refractivity contribution < 1.29 is 9.47 Å². The van der Waals surface area contributed by atoms with E-state index in [4.69, 9.17) is 21.1 Å². The van der Waals surface area contributed by atoms with Gasteiger partial charge in [-0.25, -0.2) is 9.97 Å². The normalized spacial score (nSPS) is 10.6. The molecule has 0 bridgehead atoms. The van der Waals surface area contributed by atoms with Gasteiger partial charge < -0.3 is 14.8 Å². The first-order valence-corrected chi connectivity index (χ1v) is 7.94. The van der Waals surface area contributed by atoms with Crippen molar-refractivity contribution in [1.82, 2.24) is 9.97 Å². The molecule has 124 valence electrons. The fourth-order valence-electron chi connectivity index (χ4n) is 2.74. The fourth-order valence-corrected chi connectivity index (χ4v) is 2.89. The summed E-state index contributed by atoms with van der Waals surface area (Å²) in [6.45, 7) is 0.681. The molecule has 0 aliphatic rings. The predicted octanol–water partition coefficient (Wildman–Crippen LogP) is 3.96. The van der Waals surface area contributed by atoms with Crippen LogP contribution in [0.4, 0.5) is 5.82 Å². The van der Waals surface area contributed by atoms with Crippen molar-refractivity contribution in [3.8, 4) is 11.5 Å². The molecule has 0 fully saturated rings. The smallest absolute Gasteiger partial charge is 0.164 e. The second-order valence-corrected chi connectivity index (χ2v) is 5.60. The average Bonchev–Trinajstić information content (AvgIpc) is 2.61. The van der Waals surface area contributed by atoms with Crippen molar-refractivity contribution in [1.29, 1.82) is 0 Å². The van der Waals surface area contributed by atoms with E-state index in [1.807, 2.05) is 18.2 Å². The molecule has 24 heavy (non-hydrogen) atoms. The topological polar surface area (TPSA) is 56.3 Å². The van der Waals surface area contributed by atoms with Crippen molar-refractivity contribution in [3.63, 3.8) is 0 Å². The Labute approximate surface area is 145 Å². The summed E-state index contributed by atoms with van der Waals surface area (Å²) in [6, 6.07) is 11.9. The fraction of sp³-hybridized carbons (Fsp3) is 0.222. The molecule has 0 spiro atoms. The van der Waals surface area contributed by atoms with Crippen molar-refractivity contribution >= 4 is 28.2 Å². The standard InChI is InChI=1S/C18H18ClN3O2/c1-23-15-9-12-5-3-4-6-13(12)14(18(15)24-2)7-8-20-17-10-16(19)21-11-22-17/h3-6,9-11H,7-8H2,1-2H3,(H,20,21,22). The zero-order valence-corrected chi connectivity index (χ0v) is 14.3. The Kier molecular flexibility index (Phi) is 5.01. The van der Waals surface area contributed by atoms with Crippen molar-refractivity contribution in [2.24, 2.45) is 0 Å². The van der Waals surface area contributed by atoms with E-state index in [1.165, 1.54) is 6.33 Å².